The third kappa shape index (κ3) is 3.88. The van der Waals surface area contributed by atoms with Gasteiger partial charge in [-0.15, -0.1) is 0 Å². The number of fused-ring (bicyclic) bond motifs is 1. The Morgan fingerprint density at radius 1 is 1.13 bits per heavy atom. The highest BCUT2D eigenvalue weighted by molar-refractivity contribution is 5.81. The molecule has 1 atom stereocenters. The highest BCUT2D eigenvalue weighted by Crippen LogP contribution is 2.31. The average molecular weight is 414 g/mol. The third-order valence-electron chi connectivity index (χ3n) is 4.66. The van der Waals surface area contributed by atoms with Gasteiger partial charge in [0.15, 0.2) is 0 Å². The first kappa shape index (κ1) is 19.6. The number of amides is 1. The van der Waals surface area contributed by atoms with Crippen molar-refractivity contribution < 1.29 is 18.0 Å². The second-order valence-corrected chi connectivity index (χ2v) is 6.73. The molecule has 0 spiro atoms. The minimum atomic E-state index is -4.66. The largest absolute Gasteiger partial charge is 0.449 e. The van der Waals surface area contributed by atoms with Gasteiger partial charge in [-0.25, -0.2) is 14.6 Å². The molecule has 7 nitrogen and oxygen atoms in total. The van der Waals surface area contributed by atoms with Crippen LogP contribution >= 0.6 is 0 Å². The van der Waals surface area contributed by atoms with Crippen LogP contribution < -0.4 is 5.32 Å². The molecule has 0 radical (unpaired) electrons. The molecule has 0 bridgehead atoms. The Kier molecular flexibility index (Phi) is 4.98. The Bertz CT molecular complexity index is 1170. The number of carbonyl (C=O) groups is 1. The molecule has 4 aromatic rings. The molecule has 1 amide bonds. The first-order valence-corrected chi connectivity index (χ1v) is 9.10. The molecule has 0 saturated carbocycles. The summed E-state index contributed by atoms with van der Waals surface area (Å²) >= 11 is 0. The van der Waals surface area contributed by atoms with Crippen molar-refractivity contribution in [3.63, 3.8) is 0 Å². The minimum absolute atomic E-state index is 0.189. The van der Waals surface area contributed by atoms with Gasteiger partial charge in [-0.05, 0) is 36.8 Å². The summed E-state index contributed by atoms with van der Waals surface area (Å²) in [5.41, 5.74) is 2.05. The summed E-state index contributed by atoms with van der Waals surface area (Å²) in [6.45, 7) is 1.27. The Labute approximate surface area is 169 Å². The summed E-state index contributed by atoms with van der Waals surface area (Å²) in [6, 6.07) is 13.1. The zero-order chi connectivity index (χ0) is 21.3. The molecule has 0 fully saturated rings. The van der Waals surface area contributed by atoms with Gasteiger partial charge >= 0.3 is 6.18 Å². The highest BCUT2D eigenvalue weighted by atomic mass is 19.4. The van der Waals surface area contributed by atoms with Crippen LogP contribution in [0.25, 0.3) is 16.7 Å². The SMILES string of the molecule is CC(NC(=O)Cn1c(C(F)(F)F)nc2ccccc21)c1ccc(-n2cncn2)cc1. The zero-order valence-corrected chi connectivity index (χ0v) is 15.8. The van der Waals surface area contributed by atoms with E-state index < -0.39 is 30.5 Å². The number of imidazole rings is 1. The van der Waals surface area contributed by atoms with Gasteiger partial charge in [0.25, 0.3) is 0 Å². The van der Waals surface area contributed by atoms with Crippen molar-refractivity contribution in [3.05, 3.63) is 72.6 Å². The molecule has 2 aromatic heterocycles. The van der Waals surface area contributed by atoms with Gasteiger partial charge in [-0.2, -0.15) is 18.3 Å². The summed E-state index contributed by atoms with van der Waals surface area (Å²) in [4.78, 5) is 20.1. The van der Waals surface area contributed by atoms with Crippen molar-refractivity contribution in [1.82, 2.24) is 29.6 Å². The summed E-state index contributed by atoms with van der Waals surface area (Å²) in [7, 11) is 0. The molecular formula is C20H17F3N6O. The van der Waals surface area contributed by atoms with E-state index in [0.717, 1.165) is 15.8 Å². The summed E-state index contributed by atoms with van der Waals surface area (Å²) in [5.74, 6) is -1.64. The molecular weight excluding hydrogens is 397 g/mol. The number of rotatable bonds is 5. The number of carbonyl (C=O) groups excluding carboxylic acids is 1. The number of alkyl halides is 3. The second kappa shape index (κ2) is 7.62. The van der Waals surface area contributed by atoms with E-state index in [4.69, 9.17) is 0 Å². The van der Waals surface area contributed by atoms with E-state index in [1.165, 1.54) is 18.5 Å². The zero-order valence-electron chi connectivity index (χ0n) is 15.8. The molecule has 1 N–H and O–H groups in total. The van der Waals surface area contributed by atoms with Crippen molar-refractivity contribution in [3.8, 4) is 5.69 Å². The first-order valence-electron chi connectivity index (χ1n) is 9.10. The number of hydrogen-bond donors (Lipinski definition) is 1. The van der Waals surface area contributed by atoms with E-state index >= 15 is 0 Å². The molecule has 2 heterocycles. The van der Waals surface area contributed by atoms with Crippen LogP contribution in [0.4, 0.5) is 13.2 Å². The molecule has 1 unspecified atom stereocenters. The number of nitrogens with zero attached hydrogens (tertiary/aromatic N) is 5. The van der Waals surface area contributed by atoms with Gasteiger partial charge in [-0.1, -0.05) is 24.3 Å². The fourth-order valence-electron chi connectivity index (χ4n) is 3.22. The van der Waals surface area contributed by atoms with Crippen LogP contribution in [0.5, 0.6) is 0 Å². The van der Waals surface area contributed by atoms with Crippen molar-refractivity contribution in [2.45, 2.75) is 25.7 Å². The Hall–Kier alpha value is -3.69. The molecule has 4 rings (SSSR count). The average Bonchev–Trinajstić information content (AvgIpc) is 3.36. The quantitative estimate of drug-likeness (QED) is 0.542. The lowest BCUT2D eigenvalue weighted by molar-refractivity contribution is -0.147. The maximum Gasteiger partial charge on any atom is 0.449 e. The van der Waals surface area contributed by atoms with Gasteiger partial charge in [0, 0.05) is 0 Å². The van der Waals surface area contributed by atoms with Crippen LogP contribution in [-0.2, 0) is 17.5 Å². The minimum Gasteiger partial charge on any atom is -0.348 e. The van der Waals surface area contributed by atoms with Gasteiger partial charge < -0.3 is 9.88 Å². The third-order valence-corrected chi connectivity index (χ3v) is 4.66. The lowest BCUT2D eigenvalue weighted by atomic mass is 10.1. The Morgan fingerprint density at radius 2 is 1.87 bits per heavy atom. The molecule has 0 aliphatic carbocycles. The fraction of sp³-hybridized carbons (Fsp3) is 0.200. The second-order valence-electron chi connectivity index (χ2n) is 6.73. The van der Waals surface area contributed by atoms with Crippen LogP contribution in [0.3, 0.4) is 0 Å². The van der Waals surface area contributed by atoms with Crippen LogP contribution in [0, 0.1) is 0 Å². The lowest BCUT2D eigenvalue weighted by Gasteiger charge is -2.16. The van der Waals surface area contributed by atoms with Crippen LogP contribution in [0.1, 0.15) is 24.4 Å². The number of nitrogens with one attached hydrogen (secondary N) is 1. The van der Waals surface area contributed by atoms with E-state index in [0.29, 0.717) is 0 Å². The molecule has 2 aromatic carbocycles. The predicted octanol–water partition coefficient (Wildman–Crippen LogP) is 3.51. The van der Waals surface area contributed by atoms with Gasteiger partial charge in [0.2, 0.25) is 11.7 Å². The standard InChI is InChI=1S/C20H17F3N6O/c1-13(14-6-8-15(9-7-14)29-12-24-11-25-29)26-18(30)10-28-17-5-3-2-4-16(17)27-19(28)20(21,22)23/h2-9,11-13H,10H2,1H3,(H,26,30). The summed E-state index contributed by atoms with van der Waals surface area (Å²) in [6.07, 6.45) is -1.68. The van der Waals surface area contributed by atoms with Crippen molar-refractivity contribution >= 4 is 16.9 Å². The van der Waals surface area contributed by atoms with E-state index in [2.05, 4.69) is 20.4 Å². The highest BCUT2D eigenvalue weighted by Gasteiger charge is 2.38. The number of benzene rings is 2. The number of aromatic nitrogens is 5. The number of halogens is 3. The van der Waals surface area contributed by atoms with Gasteiger partial charge in [0.1, 0.15) is 19.2 Å². The van der Waals surface area contributed by atoms with Crippen LogP contribution in [-0.4, -0.2) is 30.2 Å². The van der Waals surface area contributed by atoms with Crippen molar-refractivity contribution in [2.24, 2.45) is 0 Å². The van der Waals surface area contributed by atoms with Crippen molar-refractivity contribution in [1.29, 1.82) is 0 Å². The predicted molar refractivity (Wildman–Crippen MR) is 103 cm³/mol. The molecule has 154 valence electrons. The summed E-state index contributed by atoms with van der Waals surface area (Å²) < 4.78 is 42.7. The summed E-state index contributed by atoms with van der Waals surface area (Å²) in [5, 5.41) is 6.78. The fourth-order valence-corrected chi connectivity index (χ4v) is 3.22. The van der Waals surface area contributed by atoms with Crippen LogP contribution in [0.15, 0.2) is 61.2 Å². The van der Waals surface area contributed by atoms with Gasteiger partial charge in [-0.3, -0.25) is 4.79 Å². The molecule has 10 heteroatoms. The molecule has 0 aliphatic rings. The maximum absolute atomic E-state index is 13.4. The monoisotopic (exact) mass is 414 g/mol. The number of para-hydroxylation sites is 2. The topological polar surface area (TPSA) is 77.6 Å². The molecule has 0 aliphatic heterocycles. The smallest absolute Gasteiger partial charge is 0.348 e. The Morgan fingerprint density at radius 3 is 2.53 bits per heavy atom. The van der Waals surface area contributed by atoms with E-state index in [1.807, 2.05) is 24.3 Å². The van der Waals surface area contributed by atoms with Crippen molar-refractivity contribution in [2.75, 3.05) is 0 Å². The maximum atomic E-state index is 13.4. The molecule has 0 saturated heterocycles. The van der Waals surface area contributed by atoms with Gasteiger partial charge in [0.05, 0.1) is 22.8 Å². The normalized spacial score (nSPS) is 12.8. The first-order chi connectivity index (χ1) is 14.3. The number of hydrogen-bond acceptors (Lipinski definition) is 4. The van der Waals surface area contributed by atoms with E-state index in [-0.39, 0.29) is 11.0 Å². The lowest BCUT2D eigenvalue weighted by Crippen LogP contribution is -2.31. The van der Waals surface area contributed by atoms with Crippen LogP contribution in [0.2, 0.25) is 0 Å². The van der Waals surface area contributed by atoms with E-state index in [1.54, 1.807) is 30.1 Å². The van der Waals surface area contributed by atoms with E-state index in [9.17, 15) is 18.0 Å². The Balaban J connectivity index is 1.51. The molecule has 30 heavy (non-hydrogen) atoms.